The topological polar surface area (TPSA) is 79.9 Å². The van der Waals surface area contributed by atoms with Crippen molar-refractivity contribution >= 4 is 40.7 Å². The summed E-state index contributed by atoms with van der Waals surface area (Å²) in [6.45, 7) is 2.02. The second-order valence-electron chi connectivity index (χ2n) is 6.48. The van der Waals surface area contributed by atoms with Gasteiger partial charge >= 0.3 is 0 Å². The van der Waals surface area contributed by atoms with Crippen LogP contribution in [0.15, 0.2) is 70.6 Å². The number of carbonyl (C=O) groups excluding carboxylic acids is 1. The smallest absolute Gasteiger partial charge is 0.277 e. The van der Waals surface area contributed by atoms with Gasteiger partial charge in [-0.1, -0.05) is 23.9 Å². The molecule has 6 nitrogen and oxygen atoms in total. The number of hydroxylamine groups is 1. The van der Waals surface area contributed by atoms with Crippen LogP contribution in [0.5, 0.6) is 0 Å². The summed E-state index contributed by atoms with van der Waals surface area (Å²) in [7, 11) is 0. The number of aromatic nitrogens is 3. The molecule has 31 heavy (non-hydrogen) atoms. The number of hydrogen-bond donors (Lipinski definition) is 2. The number of benzene rings is 2. The second-order valence-corrected chi connectivity index (χ2v) is 7.60. The van der Waals surface area contributed by atoms with E-state index in [9.17, 15) is 9.18 Å². The Kier molecular flexibility index (Phi) is 6.40. The van der Waals surface area contributed by atoms with Gasteiger partial charge in [-0.05, 0) is 61.5 Å². The predicted molar refractivity (Wildman–Crippen MR) is 119 cm³/mol. The molecular formula is C23H19FN4O2S. The third kappa shape index (κ3) is 4.82. The summed E-state index contributed by atoms with van der Waals surface area (Å²) in [6.07, 6.45) is 5.53. The Labute approximate surface area is 182 Å². The summed E-state index contributed by atoms with van der Waals surface area (Å²) in [5.41, 5.74) is 4.67. The zero-order valence-electron chi connectivity index (χ0n) is 16.6. The SMILES string of the molecule is CCONC(=O)c1c(F)cccc1Sc1ccc2c(/C=C/c3ccccn3)n[nH]c2c1. The van der Waals surface area contributed by atoms with Gasteiger partial charge in [-0.2, -0.15) is 5.10 Å². The van der Waals surface area contributed by atoms with E-state index in [-0.39, 0.29) is 12.2 Å². The van der Waals surface area contributed by atoms with Gasteiger partial charge in [-0.25, -0.2) is 9.87 Å². The molecule has 0 unspecified atom stereocenters. The number of nitrogens with zero attached hydrogens (tertiary/aromatic N) is 2. The number of nitrogens with one attached hydrogen (secondary N) is 2. The minimum Gasteiger partial charge on any atom is -0.277 e. The highest BCUT2D eigenvalue weighted by molar-refractivity contribution is 7.99. The van der Waals surface area contributed by atoms with Gasteiger partial charge in [0, 0.05) is 21.4 Å². The normalized spacial score (nSPS) is 11.3. The molecule has 4 aromatic rings. The second kappa shape index (κ2) is 9.55. The molecule has 0 saturated carbocycles. The first-order chi connectivity index (χ1) is 15.2. The maximum absolute atomic E-state index is 14.4. The van der Waals surface area contributed by atoms with Crippen molar-refractivity contribution in [2.75, 3.05) is 6.61 Å². The Morgan fingerprint density at radius 2 is 2.10 bits per heavy atom. The molecule has 8 heteroatoms. The predicted octanol–water partition coefficient (Wildman–Crippen LogP) is 5.10. The van der Waals surface area contributed by atoms with Crippen LogP contribution >= 0.6 is 11.8 Å². The van der Waals surface area contributed by atoms with Crippen molar-refractivity contribution in [3.05, 3.63) is 83.6 Å². The van der Waals surface area contributed by atoms with Crippen LogP contribution in [-0.2, 0) is 4.84 Å². The number of rotatable bonds is 7. The summed E-state index contributed by atoms with van der Waals surface area (Å²) < 4.78 is 14.4. The molecule has 2 aromatic carbocycles. The number of halogens is 1. The van der Waals surface area contributed by atoms with E-state index in [0.717, 1.165) is 27.2 Å². The molecule has 0 aliphatic heterocycles. The molecule has 0 bridgehead atoms. The zero-order chi connectivity index (χ0) is 21.6. The van der Waals surface area contributed by atoms with E-state index in [1.807, 2.05) is 48.6 Å². The largest absolute Gasteiger partial charge is 0.278 e. The maximum Gasteiger partial charge on any atom is 0.278 e. The fraction of sp³-hybridized carbons (Fsp3) is 0.0870. The Hall–Kier alpha value is -3.49. The molecule has 2 heterocycles. The van der Waals surface area contributed by atoms with Crippen LogP contribution in [0.25, 0.3) is 23.1 Å². The highest BCUT2D eigenvalue weighted by atomic mass is 32.2. The molecule has 0 saturated heterocycles. The van der Waals surface area contributed by atoms with Crippen molar-refractivity contribution in [1.82, 2.24) is 20.7 Å². The van der Waals surface area contributed by atoms with Crippen LogP contribution < -0.4 is 5.48 Å². The van der Waals surface area contributed by atoms with E-state index in [1.165, 1.54) is 17.8 Å². The first kappa shape index (κ1) is 20.8. The van der Waals surface area contributed by atoms with Crippen molar-refractivity contribution in [3.63, 3.8) is 0 Å². The summed E-state index contributed by atoms with van der Waals surface area (Å²) in [6, 6.07) is 16.0. The third-order valence-electron chi connectivity index (χ3n) is 4.40. The molecule has 0 spiro atoms. The van der Waals surface area contributed by atoms with Crippen molar-refractivity contribution in [2.24, 2.45) is 0 Å². The lowest BCUT2D eigenvalue weighted by molar-refractivity contribution is 0.0358. The molecule has 0 radical (unpaired) electrons. The van der Waals surface area contributed by atoms with Crippen LogP contribution in [0.4, 0.5) is 4.39 Å². The molecule has 156 valence electrons. The van der Waals surface area contributed by atoms with Gasteiger partial charge in [0.1, 0.15) is 5.82 Å². The molecule has 2 aromatic heterocycles. The van der Waals surface area contributed by atoms with Crippen LogP contribution in [0.1, 0.15) is 28.7 Å². The van der Waals surface area contributed by atoms with Crippen molar-refractivity contribution in [1.29, 1.82) is 0 Å². The summed E-state index contributed by atoms with van der Waals surface area (Å²) in [5.74, 6) is -1.22. The Morgan fingerprint density at radius 1 is 1.19 bits per heavy atom. The molecule has 2 N–H and O–H groups in total. The van der Waals surface area contributed by atoms with Crippen LogP contribution in [0.2, 0.25) is 0 Å². The fourth-order valence-electron chi connectivity index (χ4n) is 2.97. The molecule has 0 aliphatic rings. The molecule has 4 rings (SSSR count). The van der Waals surface area contributed by atoms with Gasteiger partial charge in [0.25, 0.3) is 5.91 Å². The van der Waals surface area contributed by atoms with Crippen LogP contribution in [-0.4, -0.2) is 27.7 Å². The van der Waals surface area contributed by atoms with Crippen LogP contribution in [0, 0.1) is 5.82 Å². The minimum absolute atomic E-state index is 0.0513. The lowest BCUT2D eigenvalue weighted by Gasteiger charge is -2.10. The van der Waals surface area contributed by atoms with Crippen molar-refractivity contribution in [2.45, 2.75) is 16.7 Å². The number of fused-ring (bicyclic) bond motifs is 1. The van der Waals surface area contributed by atoms with Crippen molar-refractivity contribution < 1.29 is 14.0 Å². The van der Waals surface area contributed by atoms with E-state index in [0.29, 0.717) is 4.90 Å². The van der Waals surface area contributed by atoms with Gasteiger partial charge in [0.05, 0.1) is 29.1 Å². The van der Waals surface area contributed by atoms with Crippen LogP contribution in [0.3, 0.4) is 0 Å². The van der Waals surface area contributed by atoms with E-state index in [1.54, 1.807) is 25.3 Å². The monoisotopic (exact) mass is 434 g/mol. The first-order valence-electron chi connectivity index (χ1n) is 9.61. The zero-order valence-corrected chi connectivity index (χ0v) is 17.4. The fourth-order valence-corrected chi connectivity index (χ4v) is 3.98. The van der Waals surface area contributed by atoms with E-state index >= 15 is 0 Å². The molecule has 0 fully saturated rings. The summed E-state index contributed by atoms with van der Waals surface area (Å²) in [4.78, 5) is 22.8. The highest BCUT2D eigenvalue weighted by Gasteiger charge is 2.18. The number of carbonyl (C=O) groups is 1. The number of amides is 1. The lowest BCUT2D eigenvalue weighted by Crippen LogP contribution is -2.25. The van der Waals surface area contributed by atoms with Gasteiger partial charge in [-0.3, -0.25) is 19.7 Å². The van der Waals surface area contributed by atoms with E-state index < -0.39 is 11.7 Å². The molecular weight excluding hydrogens is 415 g/mol. The van der Waals surface area contributed by atoms with Crippen molar-refractivity contribution in [3.8, 4) is 0 Å². The molecule has 0 aliphatic carbocycles. The number of aromatic amines is 1. The minimum atomic E-state index is -0.619. The van der Waals surface area contributed by atoms with Gasteiger partial charge in [-0.15, -0.1) is 0 Å². The average molecular weight is 434 g/mol. The third-order valence-corrected chi connectivity index (χ3v) is 5.45. The number of hydrogen-bond acceptors (Lipinski definition) is 5. The lowest BCUT2D eigenvalue weighted by atomic mass is 10.2. The summed E-state index contributed by atoms with van der Waals surface area (Å²) >= 11 is 1.29. The molecule has 1 amide bonds. The Morgan fingerprint density at radius 3 is 2.90 bits per heavy atom. The first-order valence-corrected chi connectivity index (χ1v) is 10.4. The average Bonchev–Trinajstić information content (AvgIpc) is 3.19. The maximum atomic E-state index is 14.4. The number of H-pyrrole nitrogens is 1. The van der Waals surface area contributed by atoms with Gasteiger partial charge in [0.2, 0.25) is 0 Å². The van der Waals surface area contributed by atoms with Gasteiger partial charge in [0.15, 0.2) is 0 Å². The standard InChI is InChI=1S/C23H19FN4O2S/c1-2-30-28-23(29)22-18(24)7-5-8-21(22)31-16-10-11-17-19(26-27-20(17)14-16)12-9-15-6-3-4-13-25-15/h3-14H,2H2,1H3,(H,26,27)(H,28,29)/b12-9+. The summed E-state index contributed by atoms with van der Waals surface area (Å²) in [5, 5.41) is 8.33. The van der Waals surface area contributed by atoms with E-state index in [2.05, 4.69) is 20.7 Å². The van der Waals surface area contributed by atoms with Gasteiger partial charge < -0.3 is 0 Å². The molecule has 0 atom stereocenters. The Balaban J connectivity index is 1.59. The van der Waals surface area contributed by atoms with E-state index in [4.69, 9.17) is 4.84 Å². The quantitative estimate of drug-likeness (QED) is 0.396. The Bertz CT molecular complexity index is 1240. The number of pyridine rings is 1. The highest BCUT2D eigenvalue weighted by Crippen LogP contribution is 2.33.